The van der Waals surface area contributed by atoms with E-state index in [2.05, 4.69) is 9.97 Å². The summed E-state index contributed by atoms with van der Waals surface area (Å²) in [7, 11) is 0. The molecule has 0 aliphatic heterocycles. The highest BCUT2D eigenvalue weighted by Gasteiger charge is 2.29. The monoisotopic (exact) mass is 455 g/mol. The highest BCUT2D eigenvalue weighted by molar-refractivity contribution is 5.89. The number of rotatable bonds is 4. The van der Waals surface area contributed by atoms with Crippen molar-refractivity contribution < 1.29 is 27.1 Å². The van der Waals surface area contributed by atoms with Gasteiger partial charge in [-0.05, 0) is 38.8 Å². The van der Waals surface area contributed by atoms with Crippen LogP contribution in [-0.4, -0.2) is 37.0 Å². The van der Waals surface area contributed by atoms with Gasteiger partial charge in [0, 0.05) is 12.5 Å². The molecule has 0 unspecified atom stereocenters. The van der Waals surface area contributed by atoms with Gasteiger partial charge in [0.15, 0.2) is 0 Å². The summed E-state index contributed by atoms with van der Waals surface area (Å²) >= 11 is 0. The molecule has 2 aromatic heterocycles. The summed E-state index contributed by atoms with van der Waals surface area (Å²) in [5.41, 5.74) is 3.81. The molecular weight excluding hydrogens is 434 g/mol. The Kier molecular flexibility index (Phi) is 5.98. The average molecular weight is 455 g/mol. The lowest BCUT2D eigenvalue weighted by Crippen LogP contribution is -2.30. The highest BCUT2D eigenvalue weighted by atomic mass is 19.4. The number of aryl methyl sites for hydroxylation is 1. The van der Waals surface area contributed by atoms with Crippen LogP contribution in [0.15, 0.2) is 29.5 Å². The van der Waals surface area contributed by atoms with Crippen molar-refractivity contribution in [2.45, 2.75) is 51.9 Å². The molecule has 32 heavy (non-hydrogen) atoms. The predicted octanol–water partition coefficient (Wildman–Crippen LogP) is 3.64. The Morgan fingerprint density at radius 2 is 1.91 bits per heavy atom. The number of nitrogen functional groups attached to an aromatic ring is 1. The second kappa shape index (κ2) is 8.24. The quantitative estimate of drug-likeness (QED) is 0.603. The zero-order valence-electron chi connectivity index (χ0n) is 17.5. The number of fused-ring (bicyclic) bond motifs is 1. The topological polar surface area (TPSA) is 105 Å². The van der Waals surface area contributed by atoms with Gasteiger partial charge in [0.25, 0.3) is 5.56 Å². The first-order chi connectivity index (χ1) is 14.7. The second-order valence-corrected chi connectivity index (χ2v) is 8.17. The third kappa shape index (κ3) is 5.24. The van der Waals surface area contributed by atoms with E-state index in [0.717, 1.165) is 27.5 Å². The maximum absolute atomic E-state index is 14.3. The van der Waals surface area contributed by atoms with E-state index in [1.807, 2.05) is 0 Å². The molecule has 0 aliphatic carbocycles. The first-order valence-electron chi connectivity index (χ1n) is 9.55. The number of carbonyl (C=O) groups is 1. The van der Waals surface area contributed by atoms with E-state index >= 15 is 0 Å². The summed E-state index contributed by atoms with van der Waals surface area (Å²) in [4.78, 5) is 33.3. The Balaban J connectivity index is 2.19. The van der Waals surface area contributed by atoms with Gasteiger partial charge in [0.05, 0.1) is 30.1 Å². The molecule has 0 saturated heterocycles. The Labute approximate surface area is 179 Å². The van der Waals surface area contributed by atoms with Crippen molar-refractivity contribution in [3.8, 4) is 0 Å². The number of hydrogen-bond donors (Lipinski definition) is 1. The third-order valence-electron chi connectivity index (χ3n) is 4.37. The molecule has 0 saturated carbocycles. The molecule has 0 fully saturated rings. The van der Waals surface area contributed by atoms with Crippen LogP contribution in [0.2, 0.25) is 0 Å². The second-order valence-electron chi connectivity index (χ2n) is 8.17. The minimum atomic E-state index is -4.46. The van der Waals surface area contributed by atoms with Crippen LogP contribution >= 0.6 is 0 Å². The minimum absolute atomic E-state index is 0.00132. The summed E-state index contributed by atoms with van der Waals surface area (Å²) in [6.07, 6.45) is -4.80. The molecule has 172 valence electrons. The third-order valence-corrected chi connectivity index (χ3v) is 4.37. The van der Waals surface area contributed by atoms with E-state index < -0.39 is 42.1 Å². The smallest absolute Gasteiger partial charge is 0.420 e. The van der Waals surface area contributed by atoms with Crippen LogP contribution in [0.25, 0.3) is 11.0 Å². The molecule has 8 nitrogen and oxygen atoms in total. The standard InChI is InChI=1S/C20H21F4N5O3/c1-19(2,3)32-18(31)29-14-7-12(21)6-11(4-5-20(22,23)24)16(14)27-15(29)9-28-10-26-8-13(25)17(28)30/h6-8,10H,4-5,9,25H2,1-3H3. The molecule has 0 spiro atoms. The number of nitrogens with two attached hydrogens (primary N) is 1. The molecule has 12 heteroatoms. The van der Waals surface area contributed by atoms with E-state index in [0.29, 0.717) is 0 Å². The largest absolute Gasteiger partial charge is 0.443 e. The molecule has 1 aromatic carbocycles. The number of anilines is 1. The highest BCUT2D eigenvalue weighted by Crippen LogP contribution is 2.28. The summed E-state index contributed by atoms with van der Waals surface area (Å²) in [6, 6.07) is 1.92. The number of halogens is 4. The molecule has 0 atom stereocenters. The average Bonchev–Trinajstić information content (AvgIpc) is 2.99. The maximum atomic E-state index is 14.3. The number of alkyl halides is 3. The van der Waals surface area contributed by atoms with Crippen LogP contribution in [0.3, 0.4) is 0 Å². The van der Waals surface area contributed by atoms with Crippen molar-refractivity contribution in [3.05, 3.63) is 52.2 Å². The number of aromatic nitrogens is 4. The molecule has 0 amide bonds. The number of ether oxygens (including phenoxy) is 1. The van der Waals surface area contributed by atoms with Crippen molar-refractivity contribution in [1.82, 2.24) is 19.1 Å². The number of benzene rings is 1. The Bertz CT molecular complexity index is 1220. The maximum Gasteiger partial charge on any atom is 0.420 e. The molecule has 3 aromatic rings. The van der Waals surface area contributed by atoms with Crippen LogP contribution in [0.5, 0.6) is 0 Å². The Hall–Kier alpha value is -3.44. The van der Waals surface area contributed by atoms with Gasteiger partial charge in [0.1, 0.15) is 22.9 Å². The zero-order valence-corrected chi connectivity index (χ0v) is 17.5. The van der Waals surface area contributed by atoms with Gasteiger partial charge >= 0.3 is 12.3 Å². The van der Waals surface area contributed by atoms with Crippen LogP contribution in [-0.2, 0) is 17.7 Å². The molecule has 0 aliphatic rings. The predicted molar refractivity (Wildman–Crippen MR) is 108 cm³/mol. The van der Waals surface area contributed by atoms with Gasteiger partial charge in [-0.1, -0.05) is 0 Å². The lowest BCUT2D eigenvalue weighted by atomic mass is 10.1. The fourth-order valence-corrected chi connectivity index (χ4v) is 3.07. The number of carbonyl (C=O) groups excluding carboxylic acids is 1. The van der Waals surface area contributed by atoms with Gasteiger partial charge in [-0.15, -0.1) is 0 Å². The lowest BCUT2D eigenvalue weighted by Gasteiger charge is -2.20. The van der Waals surface area contributed by atoms with Crippen LogP contribution < -0.4 is 11.3 Å². The normalized spacial score (nSPS) is 12.3. The van der Waals surface area contributed by atoms with E-state index in [1.165, 1.54) is 6.33 Å². The summed E-state index contributed by atoms with van der Waals surface area (Å²) in [5.74, 6) is -0.892. The van der Waals surface area contributed by atoms with Crippen LogP contribution in [0.4, 0.5) is 28.0 Å². The number of nitrogens with zero attached hydrogens (tertiary/aromatic N) is 4. The van der Waals surface area contributed by atoms with Crippen LogP contribution in [0.1, 0.15) is 38.6 Å². The fraction of sp³-hybridized carbons (Fsp3) is 0.400. The molecule has 0 radical (unpaired) electrons. The number of imidazole rings is 1. The van der Waals surface area contributed by atoms with Gasteiger partial charge in [-0.25, -0.2) is 23.7 Å². The SMILES string of the molecule is CC(C)(C)OC(=O)n1c(Cn2cncc(N)c2=O)nc2c(CCC(F)(F)F)cc(F)cc21. The van der Waals surface area contributed by atoms with E-state index in [9.17, 15) is 27.2 Å². The van der Waals surface area contributed by atoms with Gasteiger partial charge in [-0.2, -0.15) is 13.2 Å². The minimum Gasteiger partial charge on any atom is -0.443 e. The zero-order chi connectivity index (χ0) is 23.8. The van der Waals surface area contributed by atoms with E-state index in [-0.39, 0.29) is 34.7 Å². The number of hydrogen-bond acceptors (Lipinski definition) is 6. The summed E-state index contributed by atoms with van der Waals surface area (Å²) in [5, 5.41) is 0. The first kappa shape index (κ1) is 23.2. The van der Waals surface area contributed by atoms with Crippen molar-refractivity contribution in [3.63, 3.8) is 0 Å². The molecule has 2 heterocycles. The first-order valence-corrected chi connectivity index (χ1v) is 9.55. The van der Waals surface area contributed by atoms with E-state index in [4.69, 9.17) is 10.5 Å². The lowest BCUT2D eigenvalue weighted by molar-refractivity contribution is -0.133. The Morgan fingerprint density at radius 3 is 2.53 bits per heavy atom. The molecule has 0 bridgehead atoms. The van der Waals surface area contributed by atoms with Crippen molar-refractivity contribution >= 4 is 22.8 Å². The molecular formula is C20H21F4N5O3. The van der Waals surface area contributed by atoms with Crippen LogP contribution in [0, 0.1) is 5.82 Å². The summed E-state index contributed by atoms with van der Waals surface area (Å²) in [6.45, 7) is 4.55. The molecule has 2 N–H and O–H groups in total. The van der Waals surface area contributed by atoms with Gasteiger partial charge in [0.2, 0.25) is 0 Å². The van der Waals surface area contributed by atoms with Crippen molar-refractivity contribution in [2.24, 2.45) is 0 Å². The van der Waals surface area contributed by atoms with Crippen molar-refractivity contribution in [2.75, 3.05) is 5.73 Å². The van der Waals surface area contributed by atoms with Gasteiger partial charge in [-0.3, -0.25) is 9.36 Å². The van der Waals surface area contributed by atoms with Gasteiger partial charge < -0.3 is 10.5 Å². The molecule has 3 rings (SSSR count). The Morgan fingerprint density at radius 1 is 1.22 bits per heavy atom. The fourth-order valence-electron chi connectivity index (χ4n) is 3.07. The summed E-state index contributed by atoms with van der Waals surface area (Å²) < 4.78 is 60.0. The van der Waals surface area contributed by atoms with E-state index in [1.54, 1.807) is 20.8 Å². The van der Waals surface area contributed by atoms with Crippen molar-refractivity contribution in [1.29, 1.82) is 0 Å².